The number of aromatic nitrogens is 2. The molecule has 1 aromatic heterocycles. The Kier molecular flexibility index (Phi) is 5.81. The summed E-state index contributed by atoms with van der Waals surface area (Å²) in [7, 11) is 0. The molecule has 0 aliphatic heterocycles. The van der Waals surface area contributed by atoms with Crippen LogP contribution in [0.4, 0.5) is 0 Å². The zero-order chi connectivity index (χ0) is 17.9. The van der Waals surface area contributed by atoms with Gasteiger partial charge in [0.15, 0.2) is 0 Å². The zero-order valence-electron chi connectivity index (χ0n) is 15.4. The summed E-state index contributed by atoms with van der Waals surface area (Å²) in [6, 6.07) is 3.69. The monoisotopic (exact) mass is 328 g/mol. The molecule has 0 spiro atoms. The number of aromatic carboxylic acids is 1. The lowest BCUT2D eigenvalue weighted by Crippen LogP contribution is -2.02. The Labute approximate surface area is 144 Å². The second-order valence-electron chi connectivity index (χ2n) is 6.66. The van der Waals surface area contributed by atoms with Crippen molar-refractivity contribution in [3.8, 4) is 11.3 Å². The summed E-state index contributed by atoms with van der Waals surface area (Å²) in [5.41, 5.74) is 4.98. The molecule has 24 heavy (non-hydrogen) atoms. The van der Waals surface area contributed by atoms with Gasteiger partial charge in [0.2, 0.25) is 0 Å². The Morgan fingerprint density at radius 3 is 2.29 bits per heavy atom. The van der Waals surface area contributed by atoms with Crippen LogP contribution in [0.25, 0.3) is 11.3 Å². The largest absolute Gasteiger partial charge is 0.478 e. The average molecular weight is 328 g/mol. The van der Waals surface area contributed by atoms with Gasteiger partial charge in [0.05, 0.1) is 11.3 Å². The van der Waals surface area contributed by atoms with E-state index in [-0.39, 0.29) is 0 Å². The molecule has 1 heterocycles. The Bertz CT molecular complexity index is 725. The fraction of sp³-hybridized carbons (Fsp3) is 0.500. The number of hydrogen-bond acceptors (Lipinski definition) is 2. The van der Waals surface area contributed by atoms with Gasteiger partial charge in [-0.1, -0.05) is 32.8 Å². The van der Waals surface area contributed by atoms with Crippen LogP contribution >= 0.6 is 0 Å². The van der Waals surface area contributed by atoms with E-state index in [2.05, 4.69) is 18.8 Å². The Morgan fingerprint density at radius 2 is 1.75 bits per heavy atom. The lowest BCUT2D eigenvalue weighted by atomic mass is 9.97. The molecular formula is C20H28N2O2. The van der Waals surface area contributed by atoms with Gasteiger partial charge >= 0.3 is 5.97 Å². The van der Waals surface area contributed by atoms with Gasteiger partial charge in [-0.05, 0) is 50.8 Å². The minimum Gasteiger partial charge on any atom is -0.478 e. The second kappa shape index (κ2) is 7.65. The number of imidazole rings is 1. The molecule has 0 radical (unpaired) electrons. The highest BCUT2D eigenvalue weighted by Crippen LogP contribution is 2.31. The van der Waals surface area contributed by atoms with Crippen LogP contribution in [0.2, 0.25) is 0 Å². The number of carboxylic acids is 1. The minimum atomic E-state index is -0.892. The van der Waals surface area contributed by atoms with E-state index in [1.165, 1.54) is 0 Å². The van der Waals surface area contributed by atoms with Crippen LogP contribution in [0.1, 0.15) is 78.5 Å². The molecule has 0 amide bonds. The van der Waals surface area contributed by atoms with E-state index >= 15 is 0 Å². The molecule has 0 saturated heterocycles. The Balaban J connectivity index is 2.50. The molecule has 4 heteroatoms. The first kappa shape index (κ1) is 18.2. The normalized spacial score (nSPS) is 11.2. The molecule has 0 atom stereocenters. The van der Waals surface area contributed by atoms with Crippen LogP contribution in [-0.2, 0) is 0 Å². The maximum Gasteiger partial charge on any atom is 0.335 e. The van der Waals surface area contributed by atoms with Crippen molar-refractivity contribution in [1.82, 2.24) is 9.97 Å². The third kappa shape index (κ3) is 3.69. The van der Waals surface area contributed by atoms with Crippen LogP contribution in [-0.4, -0.2) is 21.0 Å². The van der Waals surface area contributed by atoms with Crippen molar-refractivity contribution in [3.05, 3.63) is 40.3 Å². The van der Waals surface area contributed by atoms with Gasteiger partial charge in [-0.15, -0.1) is 0 Å². The molecule has 4 nitrogen and oxygen atoms in total. The first-order chi connectivity index (χ1) is 11.4. The summed E-state index contributed by atoms with van der Waals surface area (Å²) in [6.45, 7) is 10.3. The maximum absolute atomic E-state index is 11.5. The molecule has 0 unspecified atom stereocenters. The predicted molar refractivity (Wildman–Crippen MR) is 97.8 cm³/mol. The number of nitrogens with one attached hydrogen (secondary N) is 1. The molecule has 2 rings (SSSR count). The summed E-state index contributed by atoms with van der Waals surface area (Å²) < 4.78 is 0. The van der Waals surface area contributed by atoms with E-state index in [1.54, 1.807) is 6.07 Å². The number of rotatable bonds is 7. The summed E-state index contributed by atoms with van der Waals surface area (Å²) in [4.78, 5) is 19.8. The van der Waals surface area contributed by atoms with E-state index in [4.69, 9.17) is 4.98 Å². The van der Waals surface area contributed by atoms with Crippen LogP contribution in [0, 0.1) is 20.8 Å². The summed E-state index contributed by atoms with van der Waals surface area (Å²) in [5.74, 6) is 0.581. The lowest BCUT2D eigenvalue weighted by molar-refractivity contribution is 0.0696. The van der Waals surface area contributed by atoms with E-state index < -0.39 is 5.97 Å². The average Bonchev–Trinajstić information content (AvgIpc) is 2.88. The lowest BCUT2D eigenvalue weighted by Gasteiger charge is -2.12. The summed E-state index contributed by atoms with van der Waals surface area (Å²) in [5, 5.41) is 9.40. The van der Waals surface area contributed by atoms with Crippen LogP contribution in [0.3, 0.4) is 0 Å². The predicted octanol–water partition coefficient (Wildman–Crippen LogP) is 5.38. The van der Waals surface area contributed by atoms with Gasteiger partial charge in [0.1, 0.15) is 5.82 Å². The zero-order valence-corrected chi connectivity index (χ0v) is 15.4. The van der Waals surface area contributed by atoms with Crippen molar-refractivity contribution >= 4 is 5.97 Å². The van der Waals surface area contributed by atoms with Gasteiger partial charge in [-0.3, -0.25) is 0 Å². The highest BCUT2D eigenvalue weighted by Gasteiger charge is 2.19. The Morgan fingerprint density at radius 1 is 1.12 bits per heavy atom. The molecule has 2 aromatic rings. The molecule has 130 valence electrons. The third-order valence-corrected chi connectivity index (χ3v) is 4.62. The maximum atomic E-state index is 11.5. The highest BCUT2D eigenvalue weighted by atomic mass is 16.4. The second-order valence-corrected chi connectivity index (χ2v) is 6.66. The summed E-state index contributed by atoms with van der Waals surface area (Å²) in [6.07, 6.45) is 4.50. The van der Waals surface area contributed by atoms with Crippen LogP contribution < -0.4 is 0 Å². The van der Waals surface area contributed by atoms with Gasteiger partial charge in [0, 0.05) is 17.2 Å². The standard InChI is InChI=1S/C20H28N2O2/c1-6-8-15(9-7-2)19-21-14(5)18(22-19)16-11-17(20(23)24)13(4)10-12(16)3/h10-11,15H,6-9H2,1-5H3,(H,21,22)(H,23,24). The van der Waals surface area contributed by atoms with Crippen molar-refractivity contribution < 1.29 is 9.90 Å². The van der Waals surface area contributed by atoms with Gasteiger partial charge in [0.25, 0.3) is 0 Å². The highest BCUT2D eigenvalue weighted by molar-refractivity contribution is 5.91. The number of nitrogens with zero attached hydrogens (tertiary/aromatic N) is 1. The topological polar surface area (TPSA) is 66.0 Å². The molecular weight excluding hydrogens is 300 g/mol. The first-order valence-corrected chi connectivity index (χ1v) is 8.80. The van der Waals surface area contributed by atoms with Gasteiger partial charge < -0.3 is 10.1 Å². The van der Waals surface area contributed by atoms with Gasteiger partial charge in [-0.25, -0.2) is 9.78 Å². The number of benzene rings is 1. The van der Waals surface area contributed by atoms with Crippen LogP contribution in [0.5, 0.6) is 0 Å². The van der Waals surface area contributed by atoms with E-state index in [9.17, 15) is 9.90 Å². The molecule has 0 bridgehead atoms. The van der Waals surface area contributed by atoms with Crippen molar-refractivity contribution in [2.24, 2.45) is 0 Å². The minimum absolute atomic E-state index is 0.346. The first-order valence-electron chi connectivity index (χ1n) is 8.80. The number of carbonyl (C=O) groups is 1. The fourth-order valence-corrected chi connectivity index (χ4v) is 3.39. The van der Waals surface area contributed by atoms with Crippen molar-refractivity contribution in [3.63, 3.8) is 0 Å². The third-order valence-electron chi connectivity index (χ3n) is 4.62. The smallest absolute Gasteiger partial charge is 0.335 e. The quantitative estimate of drug-likeness (QED) is 0.716. The number of aromatic amines is 1. The molecule has 0 aliphatic carbocycles. The molecule has 0 saturated carbocycles. The molecule has 1 aromatic carbocycles. The molecule has 0 aliphatic rings. The fourth-order valence-electron chi connectivity index (χ4n) is 3.39. The number of aryl methyl sites for hydroxylation is 3. The molecule has 2 N–H and O–H groups in total. The van der Waals surface area contributed by atoms with E-state index in [0.717, 1.165) is 59.6 Å². The van der Waals surface area contributed by atoms with E-state index in [0.29, 0.717) is 11.5 Å². The van der Waals surface area contributed by atoms with Gasteiger partial charge in [-0.2, -0.15) is 0 Å². The number of carboxylic acid groups (broad SMARTS) is 1. The van der Waals surface area contributed by atoms with Crippen molar-refractivity contribution in [2.45, 2.75) is 66.2 Å². The number of hydrogen-bond donors (Lipinski definition) is 2. The Hall–Kier alpha value is -2.10. The summed E-state index contributed by atoms with van der Waals surface area (Å²) >= 11 is 0. The van der Waals surface area contributed by atoms with Crippen molar-refractivity contribution in [1.29, 1.82) is 0 Å². The van der Waals surface area contributed by atoms with Crippen molar-refractivity contribution in [2.75, 3.05) is 0 Å². The van der Waals surface area contributed by atoms with E-state index in [1.807, 2.05) is 26.8 Å². The number of H-pyrrole nitrogens is 1. The van der Waals surface area contributed by atoms with Crippen LogP contribution in [0.15, 0.2) is 12.1 Å². The molecule has 0 fully saturated rings. The SMILES string of the molecule is CCCC(CCC)c1nc(-c2cc(C(=O)O)c(C)cc2C)c(C)[nH]1.